The largest absolute Gasteiger partial charge is 0.366 e. The first-order valence-corrected chi connectivity index (χ1v) is 11.3. The predicted molar refractivity (Wildman–Crippen MR) is 135 cm³/mol. The van der Waals surface area contributed by atoms with Crippen molar-refractivity contribution in [1.29, 1.82) is 0 Å². The molecule has 2 aromatic heterocycles. The van der Waals surface area contributed by atoms with E-state index in [0.717, 1.165) is 16.7 Å². The van der Waals surface area contributed by atoms with E-state index in [1.807, 2.05) is 44.2 Å². The predicted octanol–water partition coefficient (Wildman–Crippen LogP) is 4.31. The van der Waals surface area contributed by atoms with E-state index in [4.69, 9.17) is 12.2 Å². The topological polar surface area (TPSA) is 66.7 Å². The van der Waals surface area contributed by atoms with Crippen molar-refractivity contribution in [3.8, 4) is 0 Å². The van der Waals surface area contributed by atoms with Crippen LogP contribution in [0.2, 0.25) is 0 Å². The number of aromatic nitrogens is 2. The Balaban J connectivity index is 1.74. The minimum atomic E-state index is -0.255. The Labute approximate surface area is 195 Å². The van der Waals surface area contributed by atoms with Crippen LogP contribution in [0.15, 0.2) is 64.9 Å². The van der Waals surface area contributed by atoms with Gasteiger partial charge >= 0.3 is 0 Å². The van der Waals surface area contributed by atoms with Crippen molar-refractivity contribution in [2.24, 2.45) is 0 Å². The molecule has 1 N–H and O–H groups in total. The Morgan fingerprint density at radius 1 is 1.12 bits per heavy atom. The van der Waals surface area contributed by atoms with Gasteiger partial charge in [-0.15, -0.1) is 6.58 Å². The summed E-state index contributed by atoms with van der Waals surface area (Å²) in [4.78, 5) is 33.0. The summed E-state index contributed by atoms with van der Waals surface area (Å²) in [6, 6.07) is 11.7. The molecular formula is C24H22N4O2S2. The Bertz CT molecular complexity index is 1330. The molecule has 1 aliphatic heterocycles. The van der Waals surface area contributed by atoms with Crippen molar-refractivity contribution >= 4 is 51.7 Å². The molecule has 0 spiro atoms. The monoisotopic (exact) mass is 462 g/mol. The van der Waals surface area contributed by atoms with Crippen molar-refractivity contribution in [2.45, 2.75) is 20.4 Å². The third-order valence-corrected chi connectivity index (χ3v) is 6.41. The number of aryl methyl sites for hydroxylation is 2. The molecule has 0 bridgehead atoms. The number of anilines is 1. The van der Waals surface area contributed by atoms with Crippen molar-refractivity contribution in [2.75, 3.05) is 11.9 Å². The summed E-state index contributed by atoms with van der Waals surface area (Å²) in [6.45, 7) is 8.46. The van der Waals surface area contributed by atoms with Gasteiger partial charge in [0.25, 0.3) is 11.5 Å². The maximum atomic E-state index is 13.3. The van der Waals surface area contributed by atoms with Gasteiger partial charge < -0.3 is 5.32 Å². The van der Waals surface area contributed by atoms with Crippen LogP contribution < -0.4 is 10.9 Å². The highest BCUT2D eigenvalue weighted by molar-refractivity contribution is 8.26. The molecular weight excluding hydrogens is 440 g/mol. The molecule has 0 saturated carbocycles. The number of carbonyl (C=O) groups excluding carboxylic acids is 1. The molecule has 0 aliphatic carbocycles. The Hall–Kier alpha value is -3.23. The summed E-state index contributed by atoms with van der Waals surface area (Å²) in [5.74, 6) is 0.187. The minimum Gasteiger partial charge on any atom is -0.366 e. The van der Waals surface area contributed by atoms with Crippen LogP contribution in [0.25, 0.3) is 11.7 Å². The first kappa shape index (κ1) is 22.0. The zero-order chi connectivity index (χ0) is 22.8. The molecule has 1 fully saturated rings. The van der Waals surface area contributed by atoms with E-state index in [2.05, 4.69) is 16.9 Å². The SMILES string of the molecule is C=CCNc1nc2ccc(C)cn2c(=O)c1/C=C1\SC(=S)N(Cc2ccc(C)cc2)C1=O. The lowest BCUT2D eigenvalue weighted by atomic mass is 10.1. The number of fused-ring (bicyclic) bond motifs is 1. The second-order valence-corrected chi connectivity index (χ2v) is 9.21. The number of nitrogens with one attached hydrogen (secondary N) is 1. The van der Waals surface area contributed by atoms with Gasteiger partial charge in [0, 0.05) is 12.7 Å². The average Bonchev–Trinajstić information content (AvgIpc) is 3.03. The van der Waals surface area contributed by atoms with Crippen molar-refractivity contribution in [3.63, 3.8) is 0 Å². The summed E-state index contributed by atoms with van der Waals surface area (Å²) < 4.78 is 1.96. The molecule has 1 aliphatic rings. The number of nitrogens with zero attached hydrogens (tertiary/aromatic N) is 3. The number of rotatable bonds is 6. The first-order valence-electron chi connectivity index (χ1n) is 10.1. The van der Waals surface area contributed by atoms with Gasteiger partial charge in [0.15, 0.2) is 0 Å². The van der Waals surface area contributed by atoms with Crippen molar-refractivity contribution in [3.05, 3.63) is 92.8 Å². The second kappa shape index (κ2) is 9.10. The highest BCUT2D eigenvalue weighted by Crippen LogP contribution is 2.34. The number of thiocarbonyl (C=S) groups is 1. The van der Waals surface area contributed by atoms with Gasteiger partial charge in [-0.25, -0.2) is 4.98 Å². The summed E-state index contributed by atoms with van der Waals surface area (Å²) in [7, 11) is 0. The summed E-state index contributed by atoms with van der Waals surface area (Å²) in [6.07, 6.45) is 5.01. The van der Waals surface area contributed by atoms with Gasteiger partial charge in [0.1, 0.15) is 15.8 Å². The Kier molecular flexibility index (Phi) is 6.25. The van der Waals surface area contributed by atoms with Gasteiger partial charge in [0.05, 0.1) is 17.0 Å². The maximum absolute atomic E-state index is 13.3. The summed E-state index contributed by atoms with van der Waals surface area (Å²) in [5, 5.41) is 3.11. The molecule has 162 valence electrons. The fourth-order valence-corrected chi connectivity index (χ4v) is 4.57. The van der Waals surface area contributed by atoms with E-state index < -0.39 is 0 Å². The van der Waals surface area contributed by atoms with Gasteiger partial charge in [-0.1, -0.05) is 66.0 Å². The third kappa shape index (κ3) is 4.37. The second-order valence-electron chi connectivity index (χ2n) is 7.54. The van der Waals surface area contributed by atoms with Crippen LogP contribution in [0.3, 0.4) is 0 Å². The maximum Gasteiger partial charge on any atom is 0.267 e. The van der Waals surface area contributed by atoms with E-state index in [1.165, 1.54) is 16.2 Å². The first-order chi connectivity index (χ1) is 15.4. The molecule has 1 amide bonds. The van der Waals surface area contributed by atoms with Crippen LogP contribution in [0.1, 0.15) is 22.3 Å². The lowest BCUT2D eigenvalue weighted by Crippen LogP contribution is -2.27. The quantitative estimate of drug-likeness (QED) is 0.335. The van der Waals surface area contributed by atoms with Gasteiger partial charge in [-0.2, -0.15) is 0 Å². The molecule has 32 heavy (non-hydrogen) atoms. The molecule has 1 saturated heterocycles. The molecule has 0 unspecified atom stereocenters. The fourth-order valence-electron chi connectivity index (χ4n) is 3.34. The number of thioether (sulfide) groups is 1. The van der Waals surface area contributed by atoms with Gasteiger partial charge in [-0.3, -0.25) is 18.9 Å². The number of amides is 1. The van der Waals surface area contributed by atoms with Crippen LogP contribution in [0.4, 0.5) is 5.82 Å². The highest BCUT2D eigenvalue weighted by Gasteiger charge is 2.32. The molecule has 3 aromatic rings. The molecule has 4 rings (SSSR count). The lowest BCUT2D eigenvalue weighted by molar-refractivity contribution is -0.122. The average molecular weight is 463 g/mol. The summed E-state index contributed by atoms with van der Waals surface area (Å²) >= 11 is 6.66. The van der Waals surface area contributed by atoms with Crippen LogP contribution in [0.5, 0.6) is 0 Å². The van der Waals surface area contributed by atoms with E-state index in [9.17, 15) is 9.59 Å². The van der Waals surface area contributed by atoms with E-state index in [1.54, 1.807) is 29.3 Å². The van der Waals surface area contributed by atoms with E-state index >= 15 is 0 Å². The van der Waals surface area contributed by atoms with Crippen LogP contribution in [-0.4, -0.2) is 31.1 Å². The Morgan fingerprint density at radius 2 is 1.84 bits per heavy atom. The molecule has 6 nitrogen and oxygen atoms in total. The van der Waals surface area contributed by atoms with Gasteiger partial charge in [-0.05, 0) is 37.1 Å². The fraction of sp³-hybridized carbons (Fsp3) is 0.167. The number of carbonyl (C=O) groups is 1. The molecule has 3 heterocycles. The van der Waals surface area contributed by atoms with E-state index in [-0.39, 0.29) is 11.5 Å². The number of benzene rings is 1. The zero-order valence-electron chi connectivity index (χ0n) is 17.8. The van der Waals surface area contributed by atoms with Crippen LogP contribution in [-0.2, 0) is 11.3 Å². The molecule has 1 aromatic carbocycles. The normalized spacial score (nSPS) is 15.1. The number of hydrogen-bond acceptors (Lipinski definition) is 6. The summed E-state index contributed by atoms with van der Waals surface area (Å²) in [5.41, 5.74) is 3.65. The van der Waals surface area contributed by atoms with Crippen molar-refractivity contribution in [1.82, 2.24) is 14.3 Å². The molecule has 0 atom stereocenters. The van der Waals surface area contributed by atoms with Crippen LogP contribution >= 0.6 is 24.0 Å². The third-order valence-electron chi connectivity index (χ3n) is 5.03. The highest BCUT2D eigenvalue weighted by atomic mass is 32.2. The van der Waals surface area contributed by atoms with Crippen LogP contribution in [0, 0.1) is 13.8 Å². The Morgan fingerprint density at radius 3 is 2.56 bits per heavy atom. The van der Waals surface area contributed by atoms with Gasteiger partial charge in [0.2, 0.25) is 0 Å². The zero-order valence-corrected chi connectivity index (χ0v) is 19.4. The minimum absolute atomic E-state index is 0.219. The standard InChI is InChI=1S/C24H22N4O2S2/c1-4-11-25-21-18(22(29)27-13-16(3)7-10-20(27)26-21)12-19-23(30)28(24(31)32-19)14-17-8-5-15(2)6-9-17/h4-10,12-13,25H,1,11,14H2,2-3H3/b19-12-. The smallest absolute Gasteiger partial charge is 0.267 e. The number of pyridine rings is 1. The molecule has 0 radical (unpaired) electrons. The van der Waals surface area contributed by atoms with Crippen molar-refractivity contribution < 1.29 is 4.79 Å². The number of hydrogen-bond donors (Lipinski definition) is 1. The lowest BCUT2D eigenvalue weighted by Gasteiger charge is -2.14. The molecule has 8 heteroatoms. The van der Waals surface area contributed by atoms with E-state index in [0.29, 0.717) is 39.3 Å².